The molecule has 0 atom stereocenters. The second-order valence-corrected chi connectivity index (χ2v) is 24.5. The second kappa shape index (κ2) is 35.8. The van der Waals surface area contributed by atoms with Crippen molar-refractivity contribution in [1.82, 2.24) is 0 Å². The number of anilines is 3. The quantitative estimate of drug-likeness (QED) is 0.0129. The van der Waals surface area contributed by atoms with E-state index in [1.807, 2.05) is 140 Å². The average Bonchev–Trinajstić information content (AvgIpc) is 0.866. The van der Waals surface area contributed by atoms with Gasteiger partial charge in [-0.25, -0.2) is 14.5 Å². The van der Waals surface area contributed by atoms with Crippen molar-refractivity contribution in [3.8, 4) is 6.07 Å². The fourth-order valence-electron chi connectivity index (χ4n) is 10.9. The molecule has 9 aromatic rings. The Balaban J connectivity index is 0.933. The number of hydrogen-bond donors (Lipinski definition) is 0. The zero-order valence-corrected chi connectivity index (χ0v) is 56.7. The smallest absolute Gasteiger partial charge is 0.348 e. The SMILES string of the molecule is [C-]#[N+]/C(=C\c1ccc(N(Cc2ccc(C=C)cc2)Cc2ccc(C=C)cc2)cc1)C(=O)OCC(C)(COC(=O)/C(=C/c1ccc(N(Cc2ccc(C=C)cc2)Cc2ccc(C=C)cc2)cc1)[N+]#[C-])COC(=O)/C(C#N)=C/c1ccc(N(Cc2ccc(C=C)cc2)Cc2ccc(C=C)cc2)cc1. The minimum absolute atomic E-state index is 0.330. The highest BCUT2D eigenvalue weighted by molar-refractivity contribution is 5.98. The standard InChI is InChI=1S/C89H78N6O6/c1-10-65-16-28-74(29-17-65)56-93(57-75-30-18-66(11-2)19-31-75)81-46-40-71(41-47-81)52-80(55-90)86(96)99-62-89(7,63-100-87(97)84(91-8)53-72-42-48-82(49-43-72)94(58-76-32-20-67(12-3)21-33-76)59-77-34-22-68(13-4)23-35-77)64-101-88(98)85(92-9)54-73-44-50-83(51-45-73)95(60-78-36-24-69(14-5)25-37-78)61-79-38-26-70(15-6)27-39-79/h10-54H,1-6,56-64H2,7H3/b80-52+,84-53-,85-54-. The van der Waals surface area contributed by atoms with Crippen molar-refractivity contribution in [2.75, 3.05) is 34.5 Å². The second-order valence-electron chi connectivity index (χ2n) is 24.5. The summed E-state index contributed by atoms with van der Waals surface area (Å²) in [5, 5.41) is 10.4. The van der Waals surface area contributed by atoms with Crippen LogP contribution in [0.3, 0.4) is 0 Å². The van der Waals surface area contributed by atoms with Gasteiger partial charge in [-0.2, -0.15) is 5.26 Å². The summed E-state index contributed by atoms with van der Waals surface area (Å²) in [5.74, 6) is -2.97. The number of ether oxygens (including phenoxy) is 3. The van der Waals surface area contributed by atoms with E-state index >= 15 is 0 Å². The van der Waals surface area contributed by atoms with Crippen molar-refractivity contribution in [1.29, 1.82) is 5.26 Å². The summed E-state index contributed by atoms with van der Waals surface area (Å²) in [7, 11) is 0. The molecule has 9 rings (SSSR count). The van der Waals surface area contributed by atoms with Crippen LogP contribution in [-0.4, -0.2) is 37.7 Å². The van der Waals surface area contributed by atoms with Gasteiger partial charge in [0.05, 0.1) is 18.6 Å². The normalized spacial score (nSPS) is 11.8. The number of nitriles is 1. The Morgan fingerprint density at radius 1 is 0.356 bits per heavy atom. The van der Waals surface area contributed by atoms with Crippen LogP contribution in [0.25, 0.3) is 64.4 Å². The Bertz CT molecular complexity index is 4010. The molecule has 500 valence electrons. The highest BCUT2D eigenvalue weighted by Gasteiger charge is 2.33. The first kappa shape index (κ1) is 72.2. The van der Waals surface area contributed by atoms with Gasteiger partial charge in [-0.1, -0.05) is 258 Å². The third kappa shape index (κ3) is 21.0. The molecule has 0 aliphatic rings. The molecule has 0 aliphatic carbocycles. The fraction of sp³-hybridized carbons (Fsp3) is 0.124. The number of benzene rings is 9. The minimum Gasteiger partial charge on any atom is -0.470 e. The highest BCUT2D eigenvalue weighted by atomic mass is 16.6. The topological polar surface area (TPSA) is 121 Å². The van der Waals surface area contributed by atoms with E-state index in [2.05, 4.69) is 137 Å². The van der Waals surface area contributed by atoms with Crippen molar-refractivity contribution in [2.24, 2.45) is 5.41 Å². The van der Waals surface area contributed by atoms with Crippen LogP contribution in [0.5, 0.6) is 0 Å². The number of esters is 3. The predicted molar refractivity (Wildman–Crippen MR) is 412 cm³/mol. The molecule has 0 saturated carbocycles. The number of nitrogens with zero attached hydrogens (tertiary/aromatic N) is 6. The molecule has 0 aliphatic heterocycles. The van der Waals surface area contributed by atoms with E-state index in [4.69, 9.17) is 27.4 Å². The monoisotopic (exact) mass is 1330 g/mol. The maximum Gasteiger partial charge on any atom is 0.348 e. The van der Waals surface area contributed by atoms with Crippen molar-refractivity contribution >= 4 is 89.7 Å². The zero-order chi connectivity index (χ0) is 71.5. The van der Waals surface area contributed by atoms with Gasteiger partial charge >= 0.3 is 17.9 Å². The van der Waals surface area contributed by atoms with Crippen molar-refractivity contribution in [3.63, 3.8) is 0 Å². The summed E-state index contributed by atoms with van der Waals surface area (Å²) in [6.07, 6.45) is 15.1. The Kier molecular flexibility index (Phi) is 25.6. The lowest BCUT2D eigenvalue weighted by atomic mass is 9.94. The molecule has 0 N–H and O–H groups in total. The van der Waals surface area contributed by atoms with Crippen LogP contribution in [0.2, 0.25) is 0 Å². The molecule has 12 heteroatoms. The maximum atomic E-state index is 14.0. The van der Waals surface area contributed by atoms with Gasteiger partial charge < -0.3 is 28.9 Å². The average molecular weight is 1330 g/mol. The lowest BCUT2D eigenvalue weighted by Crippen LogP contribution is -2.37. The molecule has 0 bridgehead atoms. The molecular formula is C89H78N6O6. The molecule has 0 aromatic heterocycles. The molecule has 0 radical (unpaired) electrons. The molecular weight excluding hydrogens is 1250 g/mol. The van der Waals surface area contributed by atoms with Crippen molar-refractivity contribution in [2.45, 2.75) is 46.2 Å². The van der Waals surface area contributed by atoms with Gasteiger partial charge in [0.1, 0.15) is 31.5 Å². The number of rotatable bonds is 33. The molecule has 0 amide bonds. The first-order valence-corrected chi connectivity index (χ1v) is 32.8. The molecule has 0 saturated heterocycles. The van der Waals surface area contributed by atoms with Crippen LogP contribution in [0.1, 0.15) is 90.4 Å². The van der Waals surface area contributed by atoms with E-state index in [1.165, 1.54) is 18.2 Å². The molecule has 0 spiro atoms. The predicted octanol–water partition coefficient (Wildman–Crippen LogP) is 19.6. The summed E-state index contributed by atoms with van der Waals surface area (Å²) < 4.78 is 17.5. The highest BCUT2D eigenvalue weighted by Crippen LogP contribution is 2.29. The lowest BCUT2D eigenvalue weighted by molar-refractivity contribution is -0.155. The van der Waals surface area contributed by atoms with Gasteiger partial charge in [0.15, 0.2) is 0 Å². The fourth-order valence-corrected chi connectivity index (χ4v) is 10.9. The van der Waals surface area contributed by atoms with Gasteiger partial charge in [0, 0.05) is 56.3 Å². The molecule has 12 nitrogen and oxygen atoms in total. The Labute approximate surface area is 593 Å². The number of carbonyl (C=O) groups excluding carboxylic acids is 3. The molecule has 0 fully saturated rings. The van der Waals surface area contributed by atoms with E-state index in [0.717, 1.165) is 83.8 Å². The summed E-state index contributed by atoms with van der Waals surface area (Å²) in [6, 6.07) is 73.4. The Hall–Kier alpha value is -13.1. The Morgan fingerprint density at radius 3 is 0.772 bits per heavy atom. The van der Waals surface area contributed by atoms with E-state index < -0.39 is 43.1 Å². The maximum absolute atomic E-state index is 14.0. The lowest BCUT2D eigenvalue weighted by Gasteiger charge is -2.28. The largest absolute Gasteiger partial charge is 0.470 e. The van der Waals surface area contributed by atoms with Crippen LogP contribution >= 0.6 is 0 Å². The summed E-state index contributed by atoms with van der Waals surface area (Å²) >= 11 is 0. The third-order valence-electron chi connectivity index (χ3n) is 16.9. The van der Waals surface area contributed by atoms with Crippen molar-refractivity contribution < 1.29 is 28.6 Å². The van der Waals surface area contributed by atoms with Gasteiger partial charge in [-0.3, -0.25) is 9.59 Å². The Morgan fingerprint density at radius 2 is 0.564 bits per heavy atom. The van der Waals surface area contributed by atoms with Crippen LogP contribution in [0.15, 0.2) is 275 Å². The summed E-state index contributed by atoms with van der Waals surface area (Å²) in [6.45, 7) is 43.0. The van der Waals surface area contributed by atoms with Gasteiger partial charge in [0.25, 0.3) is 11.4 Å². The van der Waals surface area contributed by atoms with E-state index in [1.54, 1.807) is 55.5 Å². The molecule has 0 heterocycles. The molecule has 101 heavy (non-hydrogen) atoms. The van der Waals surface area contributed by atoms with E-state index in [9.17, 15) is 19.6 Å². The van der Waals surface area contributed by atoms with Crippen LogP contribution in [0.4, 0.5) is 17.1 Å². The number of hydrogen-bond acceptors (Lipinski definition) is 10. The molecule has 0 unspecified atom stereocenters. The van der Waals surface area contributed by atoms with Crippen molar-refractivity contribution in [3.05, 3.63) is 381 Å². The summed E-state index contributed by atoms with van der Waals surface area (Å²) in [4.78, 5) is 55.8. The first-order chi connectivity index (χ1) is 49.1. The van der Waals surface area contributed by atoms with E-state index in [0.29, 0.717) is 56.0 Å². The van der Waals surface area contributed by atoms with Gasteiger partial charge in [-0.15, -0.1) is 0 Å². The van der Waals surface area contributed by atoms with Crippen LogP contribution in [0, 0.1) is 29.9 Å². The third-order valence-corrected chi connectivity index (χ3v) is 16.9. The van der Waals surface area contributed by atoms with Crippen LogP contribution < -0.4 is 14.7 Å². The van der Waals surface area contributed by atoms with Gasteiger partial charge in [0.2, 0.25) is 0 Å². The molecule has 9 aromatic carbocycles. The van der Waals surface area contributed by atoms with Crippen LogP contribution in [-0.2, 0) is 67.9 Å². The summed E-state index contributed by atoms with van der Waals surface area (Å²) in [5.41, 5.74) is 14.4. The first-order valence-electron chi connectivity index (χ1n) is 32.8. The minimum atomic E-state index is -1.49. The zero-order valence-electron chi connectivity index (χ0n) is 56.7. The van der Waals surface area contributed by atoms with E-state index in [-0.39, 0.29) is 17.0 Å². The number of carbonyl (C=O) groups is 3. The van der Waals surface area contributed by atoms with Gasteiger partial charge in [-0.05, 0) is 145 Å².